The van der Waals surface area contributed by atoms with Crippen LogP contribution in [0.25, 0.3) is 0 Å². The van der Waals surface area contributed by atoms with Gasteiger partial charge in [0.2, 0.25) is 5.91 Å². The van der Waals surface area contributed by atoms with Crippen LogP contribution in [0, 0.1) is 0 Å². The van der Waals surface area contributed by atoms with Gasteiger partial charge in [0.15, 0.2) is 0 Å². The number of amides is 1. The molecule has 102 valence electrons. The summed E-state index contributed by atoms with van der Waals surface area (Å²) < 4.78 is 5.05. The average Bonchev–Trinajstić information content (AvgIpc) is 2.19. The average molecular weight is 258 g/mol. The second kappa shape index (κ2) is 4.93. The zero-order valence-corrected chi connectivity index (χ0v) is 10.7. The Morgan fingerprint density at radius 3 is 2.50 bits per heavy atom. The Bertz CT molecular complexity index is 374. The van der Waals surface area contributed by atoms with E-state index < -0.39 is 29.6 Å². The molecule has 1 saturated heterocycles. The molecule has 0 bridgehead atoms. The van der Waals surface area contributed by atoms with Crippen LogP contribution in [0.5, 0.6) is 0 Å². The van der Waals surface area contributed by atoms with Crippen molar-refractivity contribution in [3.8, 4) is 0 Å². The molecule has 2 unspecified atom stereocenters. The van der Waals surface area contributed by atoms with Gasteiger partial charge in [-0.2, -0.15) is 0 Å². The Morgan fingerprint density at radius 1 is 1.56 bits per heavy atom. The summed E-state index contributed by atoms with van der Waals surface area (Å²) in [5.74, 6) is -2.06. The summed E-state index contributed by atoms with van der Waals surface area (Å²) in [6, 6.07) is -1.92. The van der Waals surface area contributed by atoms with Gasteiger partial charge < -0.3 is 20.5 Å². The summed E-state index contributed by atoms with van der Waals surface area (Å²) >= 11 is 0. The first-order valence-corrected chi connectivity index (χ1v) is 5.62. The molecule has 1 fully saturated rings. The Morgan fingerprint density at radius 2 is 2.11 bits per heavy atom. The minimum Gasteiger partial charge on any atom is -0.480 e. The van der Waals surface area contributed by atoms with E-state index in [9.17, 15) is 14.4 Å². The van der Waals surface area contributed by atoms with Crippen LogP contribution < -0.4 is 5.73 Å². The van der Waals surface area contributed by atoms with Crippen molar-refractivity contribution < 1.29 is 24.2 Å². The Kier molecular flexibility index (Phi) is 3.95. The van der Waals surface area contributed by atoms with Gasteiger partial charge in [0, 0.05) is 6.54 Å². The van der Waals surface area contributed by atoms with Crippen molar-refractivity contribution >= 4 is 17.8 Å². The summed E-state index contributed by atoms with van der Waals surface area (Å²) in [6.45, 7) is 4.97. The van der Waals surface area contributed by atoms with E-state index >= 15 is 0 Å². The van der Waals surface area contributed by atoms with Crippen molar-refractivity contribution in [2.75, 3.05) is 6.54 Å². The number of rotatable bonds is 4. The molecule has 1 aliphatic heterocycles. The zero-order chi connectivity index (χ0) is 14.1. The molecule has 18 heavy (non-hydrogen) atoms. The van der Waals surface area contributed by atoms with Crippen LogP contribution in [0.2, 0.25) is 0 Å². The summed E-state index contributed by atoms with van der Waals surface area (Å²) in [5.41, 5.74) is 4.93. The van der Waals surface area contributed by atoms with Crippen LogP contribution in [-0.4, -0.2) is 52.1 Å². The van der Waals surface area contributed by atoms with Gasteiger partial charge in [-0.3, -0.25) is 9.59 Å². The number of carbonyl (C=O) groups is 3. The van der Waals surface area contributed by atoms with Gasteiger partial charge in [-0.15, -0.1) is 0 Å². The van der Waals surface area contributed by atoms with Crippen LogP contribution in [0.4, 0.5) is 0 Å². The van der Waals surface area contributed by atoms with Crippen molar-refractivity contribution in [3.05, 3.63) is 0 Å². The molecule has 3 N–H and O–H groups in total. The van der Waals surface area contributed by atoms with Gasteiger partial charge >= 0.3 is 11.9 Å². The molecule has 1 rings (SSSR count). The minimum absolute atomic E-state index is 0.0453. The first-order chi connectivity index (χ1) is 8.11. The lowest BCUT2D eigenvalue weighted by Gasteiger charge is -2.38. The maximum absolute atomic E-state index is 11.6. The van der Waals surface area contributed by atoms with Gasteiger partial charge in [0.1, 0.15) is 17.7 Å². The number of nitrogens with zero attached hydrogens (tertiary/aromatic N) is 1. The minimum atomic E-state index is -1.09. The number of hydrogen-bond donors (Lipinski definition) is 2. The summed E-state index contributed by atoms with van der Waals surface area (Å²) in [6.07, 6.45) is -0.0453. The maximum atomic E-state index is 11.6. The van der Waals surface area contributed by atoms with E-state index in [-0.39, 0.29) is 18.9 Å². The van der Waals surface area contributed by atoms with Gasteiger partial charge in [-0.25, -0.2) is 4.79 Å². The van der Waals surface area contributed by atoms with Gasteiger partial charge in [-0.05, 0) is 20.8 Å². The highest BCUT2D eigenvalue weighted by molar-refractivity contribution is 5.94. The molecule has 1 amide bonds. The van der Waals surface area contributed by atoms with Crippen LogP contribution in [0.3, 0.4) is 0 Å². The molecule has 0 aromatic heterocycles. The predicted molar refractivity (Wildman–Crippen MR) is 61.6 cm³/mol. The fourth-order valence-corrected chi connectivity index (χ4v) is 1.57. The highest BCUT2D eigenvalue weighted by Gasteiger charge is 2.42. The molecule has 0 aromatic carbocycles. The molecule has 0 saturated carbocycles. The third kappa shape index (κ3) is 3.43. The number of likely N-dealkylation sites (tertiary alicyclic amines) is 1. The van der Waals surface area contributed by atoms with Crippen molar-refractivity contribution in [2.45, 2.75) is 44.9 Å². The van der Waals surface area contributed by atoms with Gasteiger partial charge in [0.05, 0.1) is 6.42 Å². The maximum Gasteiger partial charge on any atom is 0.326 e. The number of esters is 1. The van der Waals surface area contributed by atoms with Crippen molar-refractivity contribution in [1.82, 2.24) is 4.90 Å². The number of ether oxygens (including phenoxy) is 1. The smallest absolute Gasteiger partial charge is 0.326 e. The SMILES string of the molecule is CC(C)(C)OC(=O)C(N)CN1C(=O)CC1C(=O)O. The van der Waals surface area contributed by atoms with Crippen LogP contribution in [0.1, 0.15) is 27.2 Å². The van der Waals surface area contributed by atoms with Crippen LogP contribution >= 0.6 is 0 Å². The monoisotopic (exact) mass is 258 g/mol. The molecule has 0 aliphatic carbocycles. The fraction of sp³-hybridized carbons (Fsp3) is 0.727. The molecule has 0 spiro atoms. The Balaban J connectivity index is 2.54. The highest BCUT2D eigenvalue weighted by Crippen LogP contribution is 2.19. The largest absolute Gasteiger partial charge is 0.480 e. The zero-order valence-electron chi connectivity index (χ0n) is 10.7. The number of nitrogens with two attached hydrogens (primary N) is 1. The third-order valence-corrected chi connectivity index (χ3v) is 2.45. The van der Waals surface area contributed by atoms with Gasteiger partial charge in [-0.1, -0.05) is 0 Å². The van der Waals surface area contributed by atoms with E-state index in [0.717, 1.165) is 4.90 Å². The normalized spacial score (nSPS) is 21.2. The molecule has 1 aliphatic rings. The number of carboxylic acid groups (broad SMARTS) is 1. The summed E-state index contributed by atoms with van der Waals surface area (Å²) in [5, 5.41) is 8.81. The molecular formula is C11H18N2O5. The number of carbonyl (C=O) groups excluding carboxylic acids is 2. The molecular weight excluding hydrogens is 240 g/mol. The van der Waals surface area contributed by atoms with Gasteiger partial charge in [0.25, 0.3) is 0 Å². The lowest BCUT2D eigenvalue weighted by Crippen LogP contribution is -2.60. The number of β-lactam (4-membered cyclic amide) rings is 1. The predicted octanol–water partition coefficient (Wildman–Crippen LogP) is -0.659. The molecule has 0 aromatic rings. The van der Waals surface area contributed by atoms with Crippen LogP contribution in [-0.2, 0) is 19.1 Å². The lowest BCUT2D eigenvalue weighted by molar-refractivity contribution is -0.166. The molecule has 1 heterocycles. The second-order valence-electron chi connectivity index (χ2n) is 5.24. The number of hydrogen-bond acceptors (Lipinski definition) is 5. The fourth-order valence-electron chi connectivity index (χ4n) is 1.57. The first kappa shape index (κ1) is 14.4. The first-order valence-electron chi connectivity index (χ1n) is 5.62. The highest BCUT2D eigenvalue weighted by atomic mass is 16.6. The standard InChI is InChI=1S/C11H18N2O5/c1-11(2,3)18-10(17)6(12)5-13-7(9(15)16)4-8(13)14/h6-7H,4-5,12H2,1-3H3,(H,15,16). The molecule has 7 nitrogen and oxygen atoms in total. The summed E-state index contributed by atoms with van der Waals surface area (Å²) in [7, 11) is 0. The van der Waals surface area contributed by atoms with E-state index in [1.165, 1.54) is 0 Å². The second-order valence-corrected chi connectivity index (χ2v) is 5.24. The Labute approximate surface area is 105 Å². The Hall–Kier alpha value is -1.63. The van der Waals surface area contributed by atoms with E-state index in [2.05, 4.69) is 0 Å². The molecule has 7 heteroatoms. The quantitative estimate of drug-likeness (QED) is 0.511. The van der Waals surface area contributed by atoms with Crippen molar-refractivity contribution in [2.24, 2.45) is 5.73 Å². The third-order valence-electron chi connectivity index (χ3n) is 2.45. The van der Waals surface area contributed by atoms with E-state index in [1.807, 2.05) is 0 Å². The molecule has 2 atom stereocenters. The van der Waals surface area contributed by atoms with Crippen LogP contribution in [0.15, 0.2) is 0 Å². The van der Waals surface area contributed by atoms with Crippen molar-refractivity contribution in [3.63, 3.8) is 0 Å². The lowest BCUT2D eigenvalue weighted by atomic mass is 10.0. The number of aliphatic carboxylic acids is 1. The van der Waals surface area contributed by atoms with E-state index in [4.69, 9.17) is 15.6 Å². The van der Waals surface area contributed by atoms with E-state index in [0.29, 0.717) is 0 Å². The topological polar surface area (TPSA) is 110 Å². The van der Waals surface area contributed by atoms with Crippen molar-refractivity contribution in [1.29, 1.82) is 0 Å². The van der Waals surface area contributed by atoms with E-state index in [1.54, 1.807) is 20.8 Å². The molecule has 0 radical (unpaired) electrons. The number of carboxylic acids is 1. The summed E-state index contributed by atoms with van der Waals surface area (Å²) in [4.78, 5) is 34.7.